The van der Waals surface area contributed by atoms with Crippen LogP contribution in [0.3, 0.4) is 0 Å². The molecule has 5 rings (SSSR count). The number of hydrogen-bond acceptors (Lipinski definition) is 2. The van der Waals surface area contributed by atoms with Crippen LogP contribution in [0.2, 0.25) is 0 Å². The Morgan fingerprint density at radius 3 is 2.50 bits per heavy atom. The topological polar surface area (TPSA) is 57.4 Å². The minimum absolute atomic E-state index is 0.0731. The van der Waals surface area contributed by atoms with Crippen molar-refractivity contribution in [3.8, 4) is 17.2 Å². The maximum Gasteiger partial charge on any atom is 0.0991 e. The second-order valence-corrected chi connectivity index (χ2v) is 7.36. The van der Waals surface area contributed by atoms with Crippen LogP contribution >= 0.6 is 0 Å². The highest BCUT2D eigenvalue weighted by Gasteiger charge is 2.19. The molecule has 2 aromatic heterocycles. The van der Waals surface area contributed by atoms with E-state index in [1.54, 1.807) is 6.33 Å². The lowest BCUT2D eigenvalue weighted by Gasteiger charge is -2.20. The molecule has 0 bridgehead atoms. The monoisotopic (exact) mass is 388 g/mol. The number of fused-ring (bicyclic) bond motifs is 1. The van der Waals surface area contributed by atoms with Gasteiger partial charge in [0.15, 0.2) is 0 Å². The number of nitrogens with one attached hydrogen (secondary N) is 1. The number of nitriles is 1. The summed E-state index contributed by atoms with van der Waals surface area (Å²) in [5.74, 6) is 0. The molecule has 0 saturated heterocycles. The van der Waals surface area contributed by atoms with Crippen LogP contribution in [-0.4, -0.2) is 14.5 Å². The maximum atomic E-state index is 9.08. The Bertz CT molecular complexity index is 1310. The molecule has 0 aliphatic carbocycles. The van der Waals surface area contributed by atoms with E-state index in [0.717, 1.165) is 12.1 Å². The van der Waals surface area contributed by atoms with Gasteiger partial charge in [-0.05, 0) is 47.4 Å². The summed E-state index contributed by atoms with van der Waals surface area (Å²) in [6.45, 7) is 0. The van der Waals surface area contributed by atoms with Gasteiger partial charge < -0.3 is 9.55 Å². The predicted octanol–water partition coefficient (Wildman–Crippen LogP) is 5.74. The zero-order chi connectivity index (χ0) is 20.3. The first-order valence-corrected chi connectivity index (χ1v) is 9.96. The van der Waals surface area contributed by atoms with Gasteiger partial charge in [-0.2, -0.15) is 5.26 Å². The van der Waals surface area contributed by atoms with E-state index in [0.29, 0.717) is 5.56 Å². The molecule has 3 aromatic carbocycles. The van der Waals surface area contributed by atoms with E-state index in [9.17, 15) is 0 Å². The number of rotatable bonds is 5. The summed E-state index contributed by atoms with van der Waals surface area (Å²) < 4.78 is 2.31. The molecule has 0 spiro atoms. The van der Waals surface area contributed by atoms with Gasteiger partial charge in [0.2, 0.25) is 0 Å². The molecule has 0 amide bonds. The Balaban J connectivity index is 1.60. The van der Waals surface area contributed by atoms with Crippen molar-refractivity contribution in [1.82, 2.24) is 14.5 Å². The average Bonchev–Trinajstić information content (AvgIpc) is 3.49. The highest BCUT2D eigenvalue weighted by Crippen LogP contribution is 2.33. The lowest BCUT2D eigenvalue weighted by atomic mass is 10.0. The summed E-state index contributed by atoms with van der Waals surface area (Å²) in [4.78, 5) is 7.55. The van der Waals surface area contributed by atoms with E-state index in [1.807, 2.05) is 36.5 Å². The predicted molar refractivity (Wildman–Crippen MR) is 119 cm³/mol. The van der Waals surface area contributed by atoms with Gasteiger partial charge in [0, 0.05) is 17.1 Å². The summed E-state index contributed by atoms with van der Waals surface area (Å²) in [6.07, 6.45) is 6.57. The van der Waals surface area contributed by atoms with Crippen LogP contribution in [-0.2, 0) is 6.42 Å². The molecule has 0 aliphatic rings. The molecule has 1 N–H and O–H groups in total. The van der Waals surface area contributed by atoms with Crippen LogP contribution < -0.4 is 0 Å². The summed E-state index contributed by atoms with van der Waals surface area (Å²) in [6, 6.07) is 29.2. The lowest BCUT2D eigenvalue weighted by Crippen LogP contribution is -2.13. The van der Waals surface area contributed by atoms with Crippen LogP contribution in [0.1, 0.15) is 22.9 Å². The van der Waals surface area contributed by atoms with Gasteiger partial charge in [-0.15, -0.1) is 0 Å². The van der Waals surface area contributed by atoms with E-state index in [4.69, 9.17) is 5.26 Å². The quantitative estimate of drug-likeness (QED) is 0.418. The molecule has 2 heterocycles. The summed E-state index contributed by atoms with van der Waals surface area (Å²) in [5, 5.41) is 10.3. The minimum atomic E-state index is 0.0731. The molecule has 0 radical (unpaired) electrons. The van der Waals surface area contributed by atoms with Gasteiger partial charge in [0.25, 0.3) is 0 Å². The molecular formula is C26H20N4. The van der Waals surface area contributed by atoms with Crippen molar-refractivity contribution in [3.63, 3.8) is 0 Å². The zero-order valence-electron chi connectivity index (χ0n) is 16.4. The van der Waals surface area contributed by atoms with Crippen LogP contribution in [0.25, 0.3) is 22.0 Å². The van der Waals surface area contributed by atoms with Crippen molar-refractivity contribution < 1.29 is 0 Å². The van der Waals surface area contributed by atoms with Crippen LogP contribution in [0, 0.1) is 11.3 Å². The van der Waals surface area contributed by atoms with E-state index in [-0.39, 0.29) is 6.04 Å². The van der Waals surface area contributed by atoms with Gasteiger partial charge in [0.1, 0.15) is 0 Å². The fourth-order valence-electron chi connectivity index (χ4n) is 4.08. The Hall–Kier alpha value is -4.10. The molecule has 144 valence electrons. The first kappa shape index (κ1) is 18.0. The van der Waals surface area contributed by atoms with Crippen LogP contribution in [0.4, 0.5) is 0 Å². The third-order valence-corrected chi connectivity index (χ3v) is 5.57. The highest BCUT2D eigenvalue weighted by molar-refractivity contribution is 5.95. The summed E-state index contributed by atoms with van der Waals surface area (Å²) in [7, 11) is 0. The lowest BCUT2D eigenvalue weighted by molar-refractivity contribution is 0.587. The normalized spacial score (nSPS) is 12.0. The van der Waals surface area contributed by atoms with Crippen LogP contribution in [0.15, 0.2) is 97.6 Å². The molecule has 4 nitrogen and oxygen atoms in total. The Kier molecular flexibility index (Phi) is 4.63. The zero-order valence-corrected chi connectivity index (χ0v) is 16.4. The Morgan fingerprint density at radius 1 is 0.933 bits per heavy atom. The second kappa shape index (κ2) is 7.73. The molecular weight excluding hydrogens is 368 g/mol. The number of imidazole rings is 1. The standard InChI is InChI=1S/C26H20N4/c27-16-20-11-9-19(10-12-20)15-26(24-17-28-18-29-24)30-14-13-23-22(7-4-8-25(23)30)21-5-2-1-3-6-21/h1-14,17-18,26H,15H2,(H,28,29). The fraction of sp³-hybridized carbons (Fsp3) is 0.0769. The third kappa shape index (κ3) is 3.27. The fourth-order valence-corrected chi connectivity index (χ4v) is 4.08. The van der Waals surface area contributed by atoms with E-state index < -0.39 is 0 Å². The number of nitrogens with zero attached hydrogens (tertiary/aromatic N) is 3. The molecule has 1 atom stereocenters. The molecule has 0 saturated carbocycles. The maximum absolute atomic E-state index is 9.08. The molecule has 4 heteroatoms. The van der Waals surface area contributed by atoms with Crippen molar-refractivity contribution in [1.29, 1.82) is 5.26 Å². The Morgan fingerprint density at radius 2 is 1.77 bits per heavy atom. The van der Waals surface area contributed by atoms with Crippen molar-refractivity contribution in [2.45, 2.75) is 12.5 Å². The van der Waals surface area contributed by atoms with Gasteiger partial charge in [-0.3, -0.25) is 0 Å². The second-order valence-electron chi connectivity index (χ2n) is 7.36. The van der Waals surface area contributed by atoms with Crippen molar-refractivity contribution in [3.05, 3.63) is 114 Å². The average molecular weight is 388 g/mol. The minimum Gasteiger partial charge on any atom is -0.347 e. The van der Waals surface area contributed by atoms with Crippen molar-refractivity contribution in [2.24, 2.45) is 0 Å². The number of H-pyrrole nitrogens is 1. The number of hydrogen-bond donors (Lipinski definition) is 1. The van der Waals surface area contributed by atoms with E-state index >= 15 is 0 Å². The van der Waals surface area contributed by atoms with Gasteiger partial charge in [0.05, 0.1) is 35.9 Å². The Labute approximate surface area is 175 Å². The summed E-state index contributed by atoms with van der Waals surface area (Å²) in [5.41, 5.74) is 6.54. The largest absolute Gasteiger partial charge is 0.347 e. The van der Waals surface area contributed by atoms with Gasteiger partial charge in [-0.1, -0.05) is 54.6 Å². The smallest absolute Gasteiger partial charge is 0.0991 e. The summed E-state index contributed by atoms with van der Waals surface area (Å²) >= 11 is 0. The number of aromatic amines is 1. The molecule has 1 unspecified atom stereocenters. The van der Waals surface area contributed by atoms with Crippen LogP contribution in [0.5, 0.6) is 0 Å². The number of aromatic nitrogens is 3. The SMILES string of the molecule is N#Cc1ccc(CC(c2cnc[nH]2)n2ccc3c(-c4ccccc4)cccc32)cc1. The first-order valence-electron chi connectivity index (χ1n) is 9.96. The van der Waals surface area contributed by atoms with E-state index in [1.165, 1.54) is 27.6 Å². The van der Waals surface area contributed by atoms with Gasteiger partial charge >= 0.3 is 0 Å². The first-order chi connectivity index (χ1) is 14.8. The van der Waals surface area contributed by atoms with E-state index in [2.05, 4.69) is 75.3 Å². The van der Waals surface area contributed by atoms with Crippen molar-refractivity contribution in [2.75, 3.05) is 0 Å². The molecule has 0 fully saturated rings. The molecule has 5 aromatic rings. The highest BCUT2D eigenvalue weighted by atomic mass is 15.0. The number of benzene rings is 3. The van der Waals surface area contributed by atoms with Crippen molar-refractivity contribution >= 4 is 10.9 Å². The molecule has 30 heavy (non-hydrogen) atoms. The van der Waals surface area contributed by atoms with Gasteiger partial charge in [-0.25, -0.2) is 4.98 Å². The third-order valence-electron chi connectivity index (χ3n) is 5.57. The molecule has 0 aliphatic heterocycles.